The SMILES string of the molecule is CCNc1ncnc(N(C)Cc2ccc(Br)cc2)c1C. The van der Waals surface area contributed by atoms with E-state index in [0.717, 1.165) is 34.8 Å². The average Bonchev–Trinajstić information content (AvgIpc) is 2.44. The molecule has 0 radical (unpaired) electrons. The summed E-state index contributed by atoms with van der Waals surface area (Å²) in [7, 11) is 2.05. The van der Waals surface area contributed by atoms with Gasteiger partial charge in [0.15, 0.2) is 0 Å². The van der Waals surface area contributed by atoms with Gasteiger partial charge in [-0.2, -0.15) is 0 Å². The predicted octanol–water partition coefficient (Wildman–Crippen LogP) is 3.62. The molecule has 1 aromatic carbocycles. The summed E-state index contributed by atoms with van der Waals surface area (Å²) in [6.45, 7) is 5.78. The molecule has 0 amide bonds. The van der Waals surface area contributed by atoms with Gasteiger partial charge in [-0.25, -0.2) is 9.97 Å². The Morgan fingerprint density at radius 1 is 1.20 bits per heavy atom. The topological polar surface area (TPSA) is 41.1 Å². The van der Waals surface area contributed by atoms with Crippen LogP contribution in [0.25, 0.3) is 0 Å². The molecule has 0 saturated heterocycles. The van der Waals surface area contributed by atoms with Crippen molar-refractivity contribution in [2.24, 2.45) is 0 Å². The highest BCUT2D eigenvalue weighted by molar-refractivity contribution is 9.10. The Hall–Kier alpha value is -1.62. The van der Waals surface area contributed by atoms with E-state index in [2.05, 4.69) is 67.3 Å². The zero-order chi connectivity index (χ0) is 14.5. The van der Waals surface area contributed by atoms with Crippen LogP contribution in [0.1, 0.15) is 18.1 Å². The van der Waals surface area contributed by atoms with Crippen molar-refractivity contribution in [1.82, 2.24) is 9.97 Å². The Morgan fingerprint density at radius 2 is 1.90 bits per heavy atom. The molecule has 0 aliphatic heterocycles. The van der Waals surface area contributed by atoms with Gasteiger partial charge in [0, 0.05) is 30.2 Å². The van der Waals surface area contributed by atoms with Crippen LogP contribution in [-0.4, -0.2) is 23.6 Å². The predicted molar refractivity (Wildman–Crippen MR) is 87.2 cm³/mol. The first-order valence-electron chi connectivity index (χ1n) is 6.63. The highest BCUT2D eigenvalue weighted by atomic mass is 79.9. The van der Waals surface area contributed by atoms with Crippen LogP contribution >= 0.6 is 15.9 Å². The highest BCUT2D eigenvalue weighted by Crippen LogP contribution is 2.22. The molecule has 0 fully saturated rings. The van der Waals surface area contributed by atoms with E-state index in [0.29, 0.717) is 0 Å². The molecule has 2 rings (SSSR count). The Balaban J connectivity index is 2.18. The Morgan fingerprint density at radius 3 is 2.55 bits per heavy atom. The fourth-order valence-corrected chi connectivity index (χ4v) is 2.37. The van der Waals surface area contributed by atoms with Crippen LogP contribution in [-0.2, 0) is 6.54 Å². The van der Waals surface area contributed by atoms with Crippen molar-refractivity contribution in [3.8, 4) is 0 Å². The lowest BCUT2D eigenvalue weighted by Crippen LogP contribution is -2.19. The number of rotatable bonds is 5. The van der Waals surface area contributed by atoms with Gasteiger partial charge in [0.1, 0.15) is 18.0 Å². The minimum absolute atomic E-state index is 0.816. The molecular weight excluding hydrogens is 316 g/mol. The summed E-state index contributed by atoms with van der Waals surface area (Å²) in [5, 5.41) is 3.26. The normalized spacial score (nSPS) is 10.4. The van der Waals surface area contributed by atoms with Gasteiger partial charge in [-0.05, 0) is 31.5 Å². The second-order valence-electron chi connectivity index (χ2n) is 4.68. The van der Waals surface area contributed by atoms with Crippen LogP contribution in [0.15, 0.2) is 35.1 Å². The number of aromatic nitrogens is 2. The van der Waals surface area contributed by atoms with E-state index >= 15 is 0 Å². The third-order valence-corrected chi connectivity index (χ3v) is 3.62. The number of hydrogen-bond acceptors (Lipinski definition) is 4. The van der Waals surface area contributed by atoms with Gasteiger partial charge < -0.3 is 10.2 Å². The van der Waals surface area contributed by atoms with E-state index in [1.165, 1.54) is 5.56 Å². The number of nitrogens with one attached hydrogen (secondary N) is 1. The van der Waals surface area contributed by atoms with Gasteiger partial charge in [-0.15, -0.1) is 0 Å². The van der Waals surface area contributed by atoms with E-state index in [9.17, 15) is 0 Å². The fraction of sp³-hybridized carbons (Fsp3) is 0.333. The summed E-state index contributed by atoms with van der Waals surface area (Å²) in [4.78, 5) is 10.8. The fourth-order valence-electron chi connectivity index (χ4n) is 2.11. The molecule has 4 nitrogen and oxygen atoms in total. The van der Waals surface area contributed by atoms with Gasteiger partial charge in [0.25, 0.3) is 0 Å². The maximum Gasteiger partial charge on any atom is 0.137 e. The first-order valence-corrected chi connectivity index (χ1v) is 7.42. The molecule has 0 saturated carbocycles. The van der Waals surface area contributed by atoms with Crippen LogP contribution in [0.2, 0.25) is 0 Å². The first kappa shape index (κ1) is 14.8. The van der Waals surface area contributed by atoms with Gasteiger partial charge in [0.2, 0.25) is 0 Å². The molecule has 5 heteroatoms. The smallest absolute Gasteiger partial charge is 0.137 e. The average molecular weight is 335 g/mol. The summed E-state index contributed by atoms with van der Waals surface area (Å²) < 4.78 is 1.09. The number of benzene rings is 1. The molecule has 1 N–H and O–H groups in total. The van der Waals surface area contributed by atoms with Crippen molar-refractivity contribution < 1.29 is 0 Å². The van der Waals surface area contributed by atoms with Crippen molar-refractivity contribution in [1.29, 1.82) is 0 Å². The van der Waals surface area contributed by atoms with E-state index in [1.54, 1.807) is 6.33 Å². The molecule has 0 aliphatic carbocycles. The summed E-state index contributed by atoms with van der Waals surface area (Å²) in [6.07, 6.45) is 1.61. The third kappa shape index (κ3) is 3.48. The number of halogens is 1. The molecule has 0 atom stereocenters. The van der Waals surface area contributed by atoms with E-state index in [4.69, 9.17) is 0 Å². The lowest BCUT2D eigenvalue weighted by atomic mass is 10.2. The minimum atomic E-state index is 0.816. The standard InChI is InChI=1S/C15H19BrN4/c1-4-17-14-11(2)15(19-10-18-14)20(3)9-12-5-7-13(16)8-6-12/h5-8,10H,4,9H2,1-3H3,(H,17,18,19). The molecule has 0 bridgehead atoms. The largest absolute Gasteiger partial charge is 0.370 e. The Labute approximate surface area is 128 Å². The van der Waals surface area contributed by atoms with Gasteiger partial charge in [-0.1, -0.05) is 28.1 Å². The monoisotopic (exact) mass is 334 g/mol. The van der Waals surface area contributed by atoms with Crippen molar-refractivity contribution in [2.75, 3.05) is 23.8 Å². The van der Waals surface area contributed by atoms with Crippen LogP contribution in [0.5, 0.6) is 0 Å². The summed E-state index contributed by atoms with van der Waals surface area (Å²) >= 11 is 3.45. The van der Waals surface area contributed by atoms with Gasteiger partial charge >= 0.3 is 0 Å². The molecule has 106 valence electrons. The van der Waals surface area contributed by atoms with Crippen LogP contribution in [0.3, 0.4) is 0 Å². The lowest BCUT2D eigenvalue weighted by Gasteiger charge is -2.21. The summed E-state index contributed by atoms with van der Waals surface area (Å²) in [6, 6.07) is 8.34. The number of anilines is 2. The molecule has 20 heavy (non-hydrogen) atoms. The molecular formula is C15H19BrN4. The molecule has 0 aliphatic rings. The van der Waals surface area contributed by atoms with Crippen LogP contribution < -0.4 is 10.2 Å². The molecule has 0 spiro atoms. The van der Waals surface area contributed by atoms with Crippen molar-refractivity contribution in [3.05, 3.63) is 46.2 Å². The summed E-state index contributed by atoms with van der Waals surface area (Å²) in [5.74, 6) is 1.86. The first-order chi connectivity index (χ1) is 9.61. The van der Waals surface area contributed by atoms with Crippen LogP contribution in [0.4, 0.5) is 11.6 Å². The van der Waals surface area contributed by atoms with Crippen molar-refractivity contribution >= 4 is 27.6 Å². The molecule has 2 aromatic rings. The summed E-state index contributed by atoms with van der Waals surface area (Å²) in [5.41, 5.74) is 2.33. The van der Waals surface area contributed by atoms with Gasteiger partial charge in [-0.3, -0.25) is 0 Å². The molecule has 0 unspecified atom stereocenters. The maximum atomic E-state index is 4.40. The second kappa shape index (κ2) is 6.70. The quantitative estimate of drug-likeness (QED) is 0.906. The third-order valence-electron chi connectivity index (χ3n) is 3.10. The Bertz CT molecular complexity index is 569. The number of hydrogen-bond donors (Lipinski definition) is 1. The highest BCUT2D eigenvalue weighted by Gasteiger charge is 2.11. The zero-order valence-corrected chi connectivity index (χ0v) is 13.6. The lowest BCUT2D eigenvalue weighted by molar-refractivity contribution is 0.881. The molecule has 1 aromatic heterocycles. The maximum absolute atomic E-state index is 4.40. The number of nitrogens with zero attached hydrogens (tertiary/aromatic N) is 3. The van der Waals surface area contributed by atoms with Crippen molar-refractivity contribution in [3.63, 3.8) is 0 Å². The minimum Gasteiger partial charge on any atom is -0.370 e. The van der Waals surface area contributed by atoms with Gasteiger partial charge in [0.05, 0.1) is 0 Å². The van der Waals surface area contributed by atoms with E-state index in [1.807, 2.05) is 14.0 Å². The van der Waals surface area contributed by atoms with E-state index in [-0.39, 0.29) is 0 Å². The zero-order valence-electron chi connectivity index (χ0n) is 12.0. The Kier molecular flexibility index (Phi) is 4.95. The molecule has 1 heterocycles. The van der Waals surface area contributed by atoms with Crippen molar-refractivity contribution in [2.45, 2.75) is 20.4 Å². The van der Waals surface area contributed by atoms with E-state index < -0.39 is 0 Å². The second-order valence-corrected chi connectivity index (χ2v) is 5.60. The van der Waals surface area contributed by atoms with Crippen LogP contribution in [0, 0.1) is 6.92 Å².